The summed E-state index contributed by atoms with van der Waals surface area (Å²) in [5.74, 6) is 1.10. The number of methoxy groups -OCH3 is 1. The number of piperidine rings is 1. The Kier molecular flexibility index (Phi) is 5.31. The Labute approximate surface area is 162 Å². The largest absolute Gasteiger partial charge is 0.374 e. The van der Waals surface area contributed by atoms with Crippen LogP contribution in [0, 0.1) is 12.8 Å². The molecule has 2 aliphatic heterocycles. The molecule has 0 spiro atoms. The van der Waals surface area contributed by atoms with Crippen LogP contribution in [0.4, 0.5) is 0 Å². The zero-order chi connectivity index (χ0) is 18.9. The summed E-state index contributed by atoms with van der Waals surface area (Å²) in [6, 6.07) is 12.9. The summed E-state index contributed by atoms with van der Waals surface area (Å²) >= 11 is 0. The molecule has 4 nitrogen and oxygen atoms in total. The number of aryl methyl sites for hydroxylation is 1. The molecule has 1 aromatic heterocycles. The van der Waals surface area contributed by atoms with Gasteiger partial charge in [0.05, 0.1) is 18.9 Å². The van der Waals surface area contributed by atoms with E-state index in [0.29, 0.717) is 25.0 Å². The molecule has 0 saturated carbocycles. The maximum atomic E-state index is 5.88. The molecule has 27 heavy (non-hydrogen) atoms. The standard InChI is InChI=1S/C23H30N2O2/c1-17-9-11-24-22(23(26-3)15-27-16-23)21(17)20-10-12-25(13-18(20)2)14-19-7-5-4-6-8-19/h4-9,11,18,20H,10,12-16H2,1-3H3/t18-,20-/m0/s1. The van der Waals surface area contributed by atoms with Gasteiger partial charge in [-0.15, -0.1) is 0 Å². The highest BCUT2D eigenvalue weighted by atomic mass is 16.6. The minimum Gasteiger partial charge on any atom is -0.374 e. The van der Waals surface area contributed by atoms with Crippen molar-refractivity contribution in [3.63, 3.8) is 0 Å². The van der Waals surface area contributed by atoms with Crippen molar-refractivity contribution in [1.29, 1.82) is 0 Å². The van der Waals surface area contributed by atoms with Crippen molar-refractivity contribution in [2.45, 2.75) is 38.3 Å². The molecular formula is C23H30N2O2. The van der Waals surface area contributed by atoms with Crippen LogP contribution >= 0.6 is 0 Å². The molecular weight excluding hydrogens is 336 g/mol. The van der Waals surface area contributed by atoms with E-state index in [1.165, 1.54) is 16.7 Å². The lowest BCUT2D eigenvalue weighted by Gasteiger charge is -2.44. The van der Waals surface area contributed by atoms with Crippen LogP contribution in [0.15, 0.2) is 42.6 Å². The van der Waals surface area contributed by atoms with E-state index in [2.05, 4.69) is 55.1 Å². The van der Waals surface area contributed by atoms with Gasteiger partial charge in [-0.3, -0.25) is 9.88 Å². The summed E-state index contributed by atoms with van der Waals surface area (Å²) in [4.78, 5) is 7.37. The van der Waals surface area contributed by atoms with E-state index >= 15 is 0 Å². The van der Waals surface area contributed by atoms with Gasteiger partial charge < -0.3 is 9.47 Å². The number of hydrogen-bond acceptors (Lipinski definition) is 4. The van der Waals surface area contributed by atoms with Crippen LogP contribution < -0.4 is 0 Å². The van der Waals surface area contributed by atoms with Gasteiger partial charge in [0.1, 0.15) is 0 Å². The fourth-order valence-corrected chi connectivity index (χ4v) is 4.69. The van der Waals surface area contributed by atoms with Crippen LogP contribution in [0.5, 0.6) is 0 Å². The minimum atomic E-state index is -0.359. The van der Waals surface area contributed by atoms with Gasteiger partial charge in [0.25, 0.3) is 0 Å². The molecule has 0 unspecified atom stereocenters. The molecule has 0 N–H and O–H groups in total. The average Bonchev–Trinajstić information content (AvgIpc) is 2.63. The number of aromatic nitrogens is 1. The summed E-state index contributed by atoms with van der Waals surface area (Å²) in [7, 11) is 1.78. The number of hydrogen-bond donors (Lipinski definition) is 0. The highest BCUT2D eigenvalue weighted by molar-refractivity contribution is 5.38. The normalized spacial score (nSPS) is 25.1. The number of likely N-dealkylation sites (tertiary alicyclic amines) is 1. The Morgan fingerprint density at radius 1 is 1.22 bits per heavy atom. The van der Waals surface area contributed by atoms with Crippen LogP contribution in [0.1, 0.15) is 41.6 Å². The van der Waals surface area contributed by atoms with Crippen LogP contribution in [-0.2, 0) is 21.6 Å². The molecule has 0 aliphatic carbocycles. The molecule has 2 saturated heterocycles. The molecule has 2 atom stereocenters. The summed E-state index contributed by atoms with van der Waals surface area (Å²) in [6.45, 7) is 9.08. The van der Waals surface area contributed by atoms with Crippen molar-refractivity contribution in [3.05, 3.63) is 65.0 Å². The monoisotopic (exact) mass is 366 g/mol. The SMILES string of the molecule is COC1(c2nccc(C)c2[C@H]2CCN(Cc3ccccc3)C[C@@H]2C)COC1. The second-order valence-electron chi connectivity index (χ2n) is 8.17. The predicted molar refractivity (Wildman–Crippen MR) is 107 cm³/mol. The van der Waals surface area contributed by atoms with Gasteiger partial charge in [-0.1, -0.05) is 37.3 Å². The molecule has 2 fully saturated rings. The van der Waals surface area contributed by atoms with Crippen LogP contribution in [0.2, 0.25) is 0 Å². The molecule has 0 radical (unpaired) electrons. The number of rotatable bonds is 5. The number of ether oxygens (including phenoxy) is 2. The summed E-state index contributed by atoms with van der Waals surface area (Å²) in [5, 5.41) is 0. The van der Waals surface area contributed by atoms with Crippen molar-refractivity contribution in [2.75, 3.05) is 33.4 Å². The molecule has 2 aromatic rings. The zero-order valence-electron chi connectivity index (χ0n) is 16.6. The Bertz CT molecular complexity index is 768. The first-order valence-electron chi connectivity index (χ1n) is 9.98. The molecule has 4 heteroatoms. The molecule has 3 heterocycles. The lowest BCUT2D eigenvalue weighted by Crippen LogP contribution is -2.50. The molecule has 0 amide bonds. The fourth-order valence-electron chi connectivity index (χ4n) is 4.69. The average molecular weight is 367 g/mol. The molecule has 1 aromatic carbocycles. The van der Waals surface area contributed by atoms with Gasteiger partial charge >= 0.3 is 0 Å². The van der Waals surface area contributed by atoms with E-state index < -0.39 is 0 Å². The quantitative estimate of drug-likeness (QED) is 0.804. The van der Waals surface area contributed by atoms with E-state index in [9.17, 15) is 0 Å². The smallest absolute Gasteiger partial charge is 0.156 e. The second-order valence-corrected chi connectivity index (χ2v) is 8.17. The lowest BCUT2D eigenvalue weighted by atomic mass is 9.76. The lowest BCUT2D eigenvalue weighted by molar-refractivity contribution is -0.205. The number of benzene rings is 1. The van der Waals surface area contributed by atoms with Crippen molar-refractivity contribution in [2.24, 2.45) is 5.92 Å². The summed E-state index contributed by atoms with van der Waals surface area (Å²) in [6.07, 6.45) is 3.08. The molecule has 2 aliphatic rings. The summed E-state index contributed by atoms with van der Waals surface area (Å²) in [5.41, 5.74) is 4.87. The zero-order valence-corrected chi connectivity index (χ0v) is 16.6. The van der Waals surface area contributed by atoms with Crippen LogP contribution in [0.25, 0.3) is 0 Å². The van der Waals surface area contributed by atoms with Gasteiger partial charge in [-0.2, -0.15) is 0 Å². The third-order valence-corrected chi connectivity index (χ3v) is 6.31. The Morgan fingerprint density at radius 3 is 2.63 bits per heavy atom. The Balaban J connectivity index is 1.55. The second kappa shape index (κ2) is 7.70. The van der Waals surface area contributed by atoms with Gasteiger partial charge in [0.15, 0.2) is 5.60 Å². The highest BCUT2D eigenvalue weighted by Gasteiger charge is 2.45. The number of nitrogens with zero attached hydrogens (tertiary/aromatic N) is 2. The minimum absolute atomic E-state index is 0.359. The van der Waals surface area contributed by atoms with Gasteiger partial charge in [0.2, 0.25) is 0 Å². The number of pyridine rings is 1. The first kappa shape index (κ1) is 18.6. The van der Waals surface area contributed by atoms with E-state index in [-0.39, 0.29) is 5.60 Å². The molecule has 0 bridgehead atoms. The predicted octanol–water partition coefficient (Wildman–Crippen LogP) is 3.89. The van der Waals surface area contributed by atoms with Gasteiger partial charge in [-0.05, 0) is 54.5 Å². The third-order valence-electron chi connectivity index (χ3n) is 6.31. The van der Waals surface area contributed by atoms with E-state index in [1.807, 2.05) is 6.20 Å². The van der Waals surface area contributed by atoms with E-state index in [4.69, 9.17) is 14.5 Å². The first-order valence-corrected chi connectivity index (χ1v) is 9.98. The van der Waals surface area contributed by atoms with Crippen LogP contribution in [-0.4, -0.2) is 43.3 Å². The Hall–Kier alpha value is -1.75. The molecule has 144 valence electrons. The van der Waals surface area contributed by atoms with Gasteiger partial charge in [0, 0.05) is 26.4 Å². The van der Waals surface area contributed by atoms with Crippen LogP contribution in [0.3, 0.4) is 0 Å². The van der Waals surface area contributed by atoms with E-state index in [1.54, 1.807) is 7.11 Å². The first-order chi connectivity index (χ1) is 13.1. The Morgan fingerprint density at radius 2 is 2.00 bits per heavy atom. The topological polar surface area (TPSA) is 34.6 Å². The molecule has 4 rings (SSSR count). The highest BCUT2D eigenvalue weighted by Crippen LogP contribution is 2.42. The summed E-state index contributed by atoms with van der Waals surface area (Å²) < 4.78 is 11.4. The van der Waals surface area contributed by atoms with Crippen molar-refractivity contribution < 1.29 is 9.47 Å². The maximum Gasteiger partial charge on any atom is 0.156 e. The van der Waals surface area contributed by atoms with Crippen molar-refractivity contribution in [1.82, 2.24) is 9.88 Å². The van der Waals surface area contributed by atoms with E-state index in [0.717, 1.165) is 31.7 Å². The fraction of sp³-hybridized carbons (Fsp3) is 0.522. The van der Waals surface area contributed by atoms with Crippen molar-refractivity contribution >= 4 is 0 Å². The van der Waals surface area contributed by atoms with Gasteiger partial charge in [-0.25, -0.2) is 0 Å². The third kappa shape index (κ3) is 3.54. The maximum absolute atomic E-state index is 5.88. The van der Waals surface area contributed by atoms with Crippen molar-refractivity contribution in [3.8, 4) is 0 Å².